The van der Waals surface area contributed by atoms with Gasteiger partial charge in [-0.3, -0.25) is 3.53 Å². The molecule has 24 heavy (non-hydrogen) atoms. The molecule has 7 heteroatoms. The van der Waals surface area contributed by atoms with Gasteiger partial charge in [0.25, 0.3) is 0 Å². The van der Waals surface area contributed by atoms with Gasteiger partial charge < -0.3 is 10.1 Å². The Morgan fingerprint density at radius 3 is 2.96 bits per heavy atom. The van der Waals surface area contributed by atoms with Crippen LogP contribution in [0.5, 0.6) is 5.75 Å². The van der Waals surface area contributed by atoms with Gasteiger partial charge in [0, 0.05) is 17.8 Å². The lowest BCUT2D eigenvalue weighted by Gasteiger charge is -2.28. The van der Waals surface area contributed by atoms with E-state index in [9.17, 15) is 0 Å². The summed E-state index contributed by atoms with van der Waals surface area (Å²) in [6.07, 6.45) is 2.70. The van der Waals surface area contributed by atoms with E-state index in [4.69, 9.17) is 4.74 Å². The average Bonchev–Trinajstić information content (AvgIpc) is 3.41. The molecule has 0 aromatic heterocycles. The number of aliphatic imine (C=N–C) groups is 1. The van der Waals surface area contributed by atoms with Gasteiger partial charge in [-0.15, -0.1) is 0 Å². The highest BCUT2D eigenvalue weighted by Crippen LogP contribution is 2.39. The Hall–Kier alpha value is -1.61. The van der Waals surface area contributed by atoms with Crippen LogP contribution in [-0.4, -0.2) is 36.9 Å². The molecule has 3 rings (SSSR count). The number of halogens is 1. The second-order valence-electron chi connectivity index (χ2n) is 6.05. The monoisotopic (exact) mass is 439 g/mol. The topological polar surface area (TPSA) is 61.2 Å². The summed E-state index contributed by atoms with van der Waals surface area (Å²) < 4.78 is 8.48. The van der Waals surface area contributed by atoms with Crippen LogP contribution in [0.25, 0.3) is 5.70 Å². The third-order valence-electron chi connectivity index (χ3n) is 4.07. The summed E-state index contributed by atoms with van der Waals surface area (Å²) in [5, 5.41) is 9.89. The summed E-state index contributed by atoms with van der Waals surface area (Å²) in [6, 6.07) is 5.82. The van der Waals surface area contributed by atoms with Gasteiger partial charge in [0.2, 0.25) is 5.96 Å². The van der Waals surface area contributed by atoms with E-state index in [2.05, 4.69) is 48.4 Å². The number of guanidine groups is 1. The van der Waals surface area contributed by atoms with E-state index < -0.39 is 0 Å². The van der Waals surface area contributed by atoms with Gasteiger partial charge in [0.1, 0.15) is 11.4 Å². The molecule has 0 saturated heterocycles. The van der Waals surface area contributed by atoms with Crippen LogP contribution in [-0.2, 0) is 0 Å². The fraction of sp³-hybridized carbons (Fsp3) is 0.412. The molecule has 1 heterocycles. The molecule has 2 aliphatic rings. The molecule has 0 amide bonds. The van der Waals surface area contributed by atoms with E-state index in [1.807, 2.05) is 25.1 Å². The van der Waals surface area contributed by atoms with Crippen LogP contribution in [0.1, 0.15) is 25.3 Å². The number of benzene rings is 1. The number of nitrogens with zero attached hydrogens (tertiary/aromatic N) is 3. The smallest absolute Gasteiger partial charge is 0.234 e. The fourth-order valence-electron chi connectivity index (χ4n) is 2.58. The average molecular weight is 439 g/mol. The fourth-order valence-corrected chi connectivity index (χ4v) is 2.93. The number of hydrazone groups is 1. The predicted molar refractivity (Wildman–Crippen MR) is 107 cm³/mol. The molecule has 1 aromatic rings. The summed E-state index contributed by atoms with van der Waals surface area (Å²) in [5.74, 6) is 2.21. The van der Waals surface area contributed by atoms with Crippen LogP contribution in [0.3, 0.4) is 0 Å². The molecule has 1 aliphatic carbocycles. The Labute approximate surface area is 156 Å². The minimum Gasteiger partial charge on any atom is -0.494 e. The molecule has 1 aliphatic heterocycles. The SMILES string of the molecule is C=C1c2cccc(OC)c2N=C(NI)N1/N=C(\C)CNCC1CC1. The highest BCUT2D eigenvalue weighted by atomic mass is 127. The summed E-state index contributed by atoms with van der Waals surface area (Å²) in [6.45, 7) is 8.05. The number of fused-ring (bicyclic) bond motifs is 1. The number of methoxy groups -OCH3 is 1. The van der Waals surface area contributed by atoms with E-state index in [1.54, 1.807) is 12.1 Å². The first-order chi connectivity index (χ1) is 11.6. The molecule has 0 atom stereocenters. The molecule has 0 bridgehead atoms. The summed E-state index contributed by atoms with van der Waals surface area (Å²) in [4.78, 5) is 4.65. The Morgan fingerprint density at radius 2 is 2.29 bits per heavy atom. The lowest BCUT2D eigenvalue weighted by atomic mass is 10.1. The Balaban J connectivity index is 1.81. The molecule has 1 fully saturated rings. The van der Waals surface area contributed by atoms with Gasteiger partial charge in [0.05, 0.1) is 35.7 Å². The van der Waals surface area contributed by atoms with E-state index in [0.717, 1.165) is 47.4 Å². The van der Waals surface area contributed by atoms with E-state index in [0.29, 0.717) is 5.96 Å². The predicted octanol–water partition coefficient (Wildman–Crippen LogP) is 3.28. The van der Waals surface area contributed by atoms with Crippen LogP contribution in [0.4, 0.5) is 5.69 Å². The highest BCUT2D eigenvalue weighted by molar-refractivity contribution is 14.1. The van der Waals surface area contributed by atoms with Crippen molar-refractivity contribution in [1.82, 2.24) is 13.9 Å². The van der Waals surface area contributed by atoms with Crippen LogP contribution < -0.4 is 13.6 Å². The normalized spacial score (nSPS) is 17.5. The van der Waals surface area contributed by atoms with Crippen molar-refractivity contribution < 1.29 is 4.74 Å². The molecule has 6 nitrogen and oxygen atoms in total. The molecule has 2 N–H and O–H groups in total. The van der Waals surface area contributed by atoms with Crippen molar-refractivity contribution in [3.63, 3.8) is 0 Å². The van der Waals surface area contributed by atoms with Crippen molar-refractivity contribution in [2.45, 2.75) is 19.8 Å². The maximum atomic E-state index is 5.41. The van der Waals surface area contributed by atoms with Crippen LogP contribution in [0.15, 0.2) is 34.9 Å². The van der Waals surface area contributed by atoms with E-state index >= 15 is 0 Å². The van der Waals surface area contributed by atoms with E-state index in [1.165, 1.54) is 12.8 Å². The number of nitrogens with one attached hydrogen (secondary N) is 2. The number of ether oxygens (including phenoxy) is 1. The van der Waals surface area contributed by atoms with Crippen molar-refractivity contribution in [2.75, 3.05) is 20.2 Å². The molecule has 128 valence electrons. The van der Waals surface area contributed by atoms with Crippen molar-refractivity contribution >= 4 is 45.9 Å². The second kappa shape index (κ2) is 7.52. The minimum atomic E-state index is 0.624. The number of para-hydroxylation sites is 1. The molecule has 0 radical (unpaired) electrons. The summed E-state index contributed by atoms with van der Waals surface area (Å²) in [7, 11) is 1.64. The van der Waals surface area contributed by atoms with E-state index in [-0.39, 0.29) is 0 Å². The van der Waals surface area contributed by atoms with Gasteiger partial charge >= 0.3 is 0 Å². The number of hydrogen-bond acceptors (Lipinski definition) is 6. The standard InChI is InChI=1S/C17H22IN5O/c1-11(9-19-10-13-7-8-13)22-23-12(2)14-5-4-6-15(24-3)16(14)20-17(23)21-18/h4-6,13,19H,2,7-10H2,1,3H3,(H,20,21)/b22-11+. The van der Waals surface area contributed by atoms with Crippen LogP contribution in [0.2, 0.25) is 0 Å². The maximum Gasteiger partial charge on any atom is 0.234 e. The lowest BCUT2D eigenvalue weighted by Crippen LogP contribution is -2.35. The zero-order valence-corrected chi connectivity index (χ0v) is 16.1. The maximum absolute atomic E-state index is 5.41. The summed E-state index contributed by atoms with van der Waals surface area (Å²) in [5.41, 5.74) is 3.47. The molecule has 0 spiro atoms. The second-order valence-corrected chi connectivity index (χ2v) is 6.59. The van der Waals surface area contributed by atoms with Gasteiger partial charge in [0.15, 0.2) is 0 Å². The Kier molecular flexibility index (Phi) is 5.40. The molecular weight excluding hydrogens is 417 g/mol. The third-order valence-corrected chi connectivity index (χ3v) is 4.55. The third kappa shape index (κ3) is 3.72. The highest BCUT2D eigenvalue weighted by Gasteiger charge is 2.26. The first-order valence-corrected chi connectivity index (χ1v) is 9.08. The van der Waals surface area contributed by atoms with Crippen molar-refractivity contribution in [3.05, 3.63) is 30.3 Å². The van der Waals surface area contributed by atoms with Crippen LogP contribution >= 0.6 is 22.9 Å². The molecule has 0 unspecified atom stereocenters. The summed E-state index contributed by atoms with van der Waals surface area (Å²) >= 11 is 2.06. The largest absolute Gasteiger partial charge is 0.494 e. The van der Waals surface area contributed by atoms with Gasteiger partial charge in [-0.1, -0.05) is 18.7 Å². The van der Waals surface area contributed by atoms with Crippen LogP contribution in [0, 0.1) is 5.92 Å². The molecule has 1 saturated carbocycles. The Bertz CT molecular complexity index is 696. The van der Waals surface area contributed by atoms with Crippen molar-refractivity contribution in [1.29, 1.82) is 0 Å². The van der Waals surface area contributed by atoms with Crippen molar-refractivity contribution in [2.24, 2.45) is 16.0 Å². The van der Waals surface area contributed by atoms with Crippen molar-refractivity contribution in [3.8, 4) is 5.75 Å². The molecular formula is C17H22IN5O. The zero-order valence-electron chi connectivity index (χ0n) is 14.0. The molecule has 1 aromatic carbocycles. The lowest BCUT2D eigenvalue weighted by molar-refractivity contribution is 0.415. The van der Waals surface area contributed by atoms with Gasteiger partial charge in [-0.2, -0.15) is 5.10 Å². The van der Waals surface area contributed by atoms with Gasteiger partial charge in [-0.05, 0) is 38.3 Å². The zero-order chi connectivity index (χ0) is 17.1. The quantitative estimate of drug-likeness (QED) is 0.406. The van der Waals surface area contributed by atoms with Gasteiger partial charge in [-0.25, -0.2) is 10.0 Å². The number of rotatable bonds is 6. The number of hydrogen-bond donors (Lipinski definition) is 2. The minimum absolute atomic E-state index is 0.624. The first-order valence-electron chi connectivity index (χ1n) is 8.00. The first kappa shape index (κ1) is 17.2. The Morgan fingerprint density at radius 1 is 1.50 bits per heavy atom.